The van der Waals surface area contributed by atoms with Crippen molar-refractivity contribution in [3.8, 4) is 34.4 Å². The van der Waals surface area contributed by atoms with Crippen LogP contribution in [-0.4, -0.2) is 0 Å². The molecule has 0 aliphatic carbocycles. The predicted octanol–water partition coefficient (Wildman–Crippen LogP) is 15.2. The van der Waals surface area contributed by atoms with Gasteiger partial charge in [-0.05, 0) is 118 Å². The van der Waals surface area contributed by atoms with Gasteiger partial charge in [-0.15, -0.1) is 0 Å². The summed E-state index contributed by atoms with van der Waals surface area (Å²) in [6, 6.07) is 72.5. The van der Waals surface area contributed by atoms with Gasteiger partial charge in [0, 0.05) is 33.5 Å². The van der Waals surface area contributed by atoms with E-state index >= 15 is 0 Å². The fraction of sp³-hybridized carbons (Fsp3) is 0.0357. The largest absolute Gasteiger partial charge is 0.309 e. The van der Waals surface area contributed by atoms with Crippen LogP contribution in [0.3, 0.4) is 0 Å². The molecule has 0 aliphatic rings. The van der Waals surface area contributed by atoms with Crippen molar-refractivity contribution in [1.29, 1.82) is 10.5 Å². The first-order chi connectivity index (χ1) is 29.5. The Morgan fingerprint density at radius 1 is 0.350 bits per heavy atom. The van der Waals surface area contributed by atoms with Gasteiger partial charge in [0.05, 0.1) is 22.5 Å². The highest BCUT2D eigenvalue weighted by Gasteiger charge is 2.26. The van der Waals surface area contributed by atoms with Gasteiger partial charge in [-0.3, -0.25) is 0 Å². The fourth-order valence-electron chi connectivity index (χ4n) is 8.64. The first-order valence-electron chi connectivity index (χ1n) is 20.1. The molecule has 10 aromatic rings. The number of aryl methyl sites for hydroxylation is 2. The Bertz CT molecular complexity index is 3030. The molecule has 0 saturated heterocycles. The predicted molar refractivity (Wildman–Crippen MR) is 249 cm³/mol. The molecule has 0 aromatic heterocycles. The van der Waals surface area contributed by atoms with E-state index in [9.17, 15) is 10.5 Å². The Morgan fingerprint density at radius 2 is 0.667 bits per heavy atom. The van der Waals surface area contributed by atoms with E-state index in [2.05, 4.69) is 206 Å². The van der Waals surface area contributed by atoms with Crippen LogP contribution in [0.1, 0.15) is 22.3 Å². The van der Waals surface area contributed by atoms with E-state index < -0.39 is 0 Å². The first-order valence-corrected chi connectivity index (χ1v) is 20.1. The third kappa shape index (κ3) is 6.25. The molecule has 0 fully saturated rings. The highest BCUT2D eigenvalue weighted by molar-refractivity contribution is 6.29. The van der Waals surface area contributed by atoms with Gasteiger partial charge in [0.2, 0.25) is 0 Å². The van der Waals surface area contributed by atoms with Gasteiger partial charge >= 0.3 is 0 Å². The molecule has 10 rings (SSSR count). The maximum Gasteiger partial charge on any atom is 0.101 e. The Balaban J connectivity index is 1.23. The third-order valence-corrected chi connectivity index (χ3v) is 11.6. The summed E-state index contributed by atoms with van der Waals surface area (Å²) in [6.07, 6.45) is 0. The number of anilines is 6. The summed E-state index contributed by atoms with van der Waals surface area (Å²) in [5.41, 5.74) is 13.4. The average Bonchev–Trinajstić information content (AvgIpc) is 3.31. The SMILES string of the molecule is Cc1ccc(N(c2ccc(-c3ccccc3)cc2)c2c(C#N)cc3ccc4c(N(c5ccc(C)cc5)c5ccc(-c6ccccc6)cc5)c(C#N)cc5ccc2c3c54)cc1. The second kappa shape index (κ2) is 15.0. The van der Waals surface area contributed by atoms with Crippen molar-refractivity contribution < 1.29 is 0 Å². The molecule has 282 valence electrons. The Labute approximate surface area is 350 Å². The average molecular weight is 767 g/mol. The van der Waals surface area contributed by atoms with E-state index in [4.69, 9.17) is 0 Å². The van der Waals surface area contributed by atoms with Crippen LogP contribution in [0.4, 0.5) is 34.1 Å². The van der Waals surface area contributed by atoms with Crippen molar-refractivity contribution in [2.24, 2.45) is 0 Å². The minimum Gasteiger partial charge on any atom is -0.309 e. The smallest absolute Gasteiger partial charge is 0.101 e. The van der Waals surface area contributed by atoms with Gasteiger partial charge in [-0.25, -0.2) is 0 Å². The minimum atomic E-state index is 0.575. The van der Waals surface area contributed by atoms with Crippen LogP contribution in [0.5, 0.6) is 0 Å². The number of hydrogen-bond acceptors (Lipinski definition) is 4. The normalized spacial score (nSPS) is 11.1. The van der Waals surface area contributed by atoms with Crippen LogP contribution in [0.25, 0.3) is 54.6 Å². The number of benzene rings is 10. The fourth-order valence-corrected chi connectivity index (χ4v) is 8.64. The lowest BCUT2D eigenvalue weighted by Crippen LogP contribution is -2.13. The second-order valence-corrected chi connectivity index (χ2v) is 15.4. The topological polar surface area (TPSA) is 54.1 Å². The highest BCUT2D eigenvalue weighted by atomic mass is 15.2. The highest BCUT2D eigenvalue weighted by Crippen LogP contribution is 2.50. The van der Waals surface area contributed by atoms with Crippen molar-refractivity contribution in [3.63, 3.8) is 0 Å². The van der Waals surface area contributed by atoms with Crippen LogP contribution >= 0.6 is 0 Å². The van der Waals surface area contributed by atoms with Crippen LogP contribution < -0.4 is 9.80 Å². The molecule has 0 N–H and O–H groups in total. The third-order valence-electron chi connectivity index (χ3n) is 11.6. The Morgan fingerprint density at radius 3 is 1.00 bits per heavy atom. The van der Waals surface area contributed by atoms with E-state index in [0.717, 1.165) is 99.8 Å². The monoisotopic (exact) mass is 766 g/mol. The number of hydrogen-bond donors (Lipinski definition) is 0. The molecule has 4 nitrogen and oxygen atoms in total. The molecule has 0 atom stereocenters. The van der Waals surface area contributed by atoms with Gasteiger partial charge in [0.15, 0.2) is 0 Å². The standard InChI is InChI=1S/C56H38N4/c1-37-13-23-47(24-14-37)59(49-27-17-41(18-28-49)39-9-5-3-6-10-39)55-45(35-57)33-43-22-32-52-54-44(21-31-51(55)53(43)54)34-46(36-58)56(52)60(48-25-15-38(2)16-26-48)50-29-19-42(20-30-50)40-11-7-4-8-12-40/h3-34H,1-2H3. The maximum absolute atomic E-state index is 10.9. The van der Waals surface area contributed by atoms with Gasteiger partial charge in [0.25, 0.3) is 0 Å². The quantitative estimate of drug-likeness (QED) is 0.145. The zero-order valence-corrected chi connectivity index (χ0v) is 33.3. The molecule has 0 aliphatic heterocycles. The number of rotatable bonds is 8. The lowest BCUT2D eigenvalue weighted by Gasteiger charge is -2.30. The molecular weight excluding hydrogens is 729 g/mol. The molecule has 0 radical (unpaired) electrons. The van der Waals surface area contributed by atoms with Crippen LogP contribution in [0.2, 0.25) is 0 Å². The van der Waals surface area contributed by atoms with E-state index in [1.165, 1.54) is 0 Å². The van der Waals surface area contributed by atoms with Crippen LogP contribution in [0, 0.1) is 36.5 Å². The lowest BCUT2D eigenvalue weighted by atomic mass is 9.88. The summed E-state index contributed by atoms with van der Waals surface area (Å²) in [7, 11) is 0. The maximum atomic E-state index is 10.9. The summed E-state index contributed by atoms with van der Waals surface area (Å²) in [5.74, 6) is 0. The van der Waals surface area contributed by atoms with E-state index in [-0.39, 0.29) is 0 Å². The molecule has 10 aromatic carbocycles. The van der Waals surface area contributed by atoms with E-state index in [1.54, 1.807) is 0 Å². The van der Waals surface area contributed by atoms with E-state index in [0.29, 0.717) is 11.1 Å². The summed E-state index contributed by atoms with van der Waals surface area (Å²) in [5, 5.41) is 27.8. The molecule has 60 heavy (non-hydrogen) atoms. The molecule has 0 bridgehead atoms. The van der Waals surface area contributed by atoms with Crippen molar-refractivity contribution in [2.75, 3.05) is 9.80 Å². The zero-order valence-electron chi connectivity index (χ0n) is 33.3. The van der Waals surface area contributed by atoms with E-state index in [1.807, 2.05) is 24.3 Å². The van der Waals surface area contributed by atoms with Gasteiger partial charge in [-0.1, -0.05) is 145 Å². The number of nitriles is 2. The summed E-state index contributed by atoms with van der Waals surface area (Å²) in [4.78, 5) is 4.43. The number of nitrogens with zero attached hydrogens (tertiary/aromatic N) is 4. The minimum absolute atomic E-state index is 0.575. The van der Waals surface area contributed by atoms with Crippen molar-refractivity contribution in [2.45, 2.75) is 13.8 Å². The Kier molecular flexibility index (Phi) is 9.02. The van der Waals surface area contributed by atoms with Crippen molar-refractivity contribution >= 4 is 66.4 Å². The molecule has 0 amide bonds. The summed E-state index contributed by atoms with van der Waals surface area (Å²) >= 11 is 0. The summed E-state index contributed by atoms with van der Waals surface area (Å²) < 4.78 is 0. The zero-order chi connectivity index (χ0) is 40.7. The summed E-state index contributed by atoms with van der Waals surface area (Å²) in [6.45, 7) is 4.18. The first kappa shape index (κ1) is 36.2. The second-order valence-electron chi connectivity index (χ2n) is 15.4. The van der Waals surface area contributed by atoms with Crippen molar-refractivity contribution in [3.05, 3.63) is 216 Å². The van der Waals surface area contributed by atoms with Crippen LogP contribution in [-0.2, 0) is 0 Å². The van der Waals surface area contributed by atoms with Gasteiger partial charge in [-0.2, -0.15) is 10.5 Å². The molecule has 0 spiro atoms. The lowest BCUT2D eigenvalue weighted by molar-refractivity contribution is 1.28. The van der Waals surface area contributed by atoms with Gasteiger partial charge < -0.3 is 9.80 Å². The molecule has 0 saturated carbocycles. The van der Waals surface area contributed by atoms with Crippen molar-refractivity contribution in [1.82, 2.24) is 0 Å². The Hall–Kier alpha value is -8.18. The molecule has 4 heteroatoms. The molecule has 0 unspecified atom stereocenters. The molecule has 0 heterocycles. The van der Waals surface area contributed by atoms with Gasteiger partial charge in [0.1, 0.15) is 12.1 Å². The van der Waals surface area contributed by atoms with Crippen LogP contribution in [0.15, 0.2) is 194 Å². The molecular formula is C56H38N4.